The minimum atomic E-state index is -3.56. The van der Waals surface area contributed by atoms with Crippen LogP contribution < -0.4 is 0 Å². The van der Waals surface area contributed by atoms with Crippen molar-refractivity contribution in [3.63, 3.8) is 0 Å². The van der Waals surface area contributed by atoms with Crippen LogP contribution in [0.25, 0.3) is 0 Å². The van der Waals surface area contributed by atoms with Crippen LogP contribution in [0.15, 0.2) is 11.1 Å². The molecule has 2 aromatic heterocycles. The lowest BCUT2D eigenvalue weighted by Gasteiger charge is -2.20. The summed E-state index contributed by atoms with van der Waals surface area (Å²) in [6, 6.07) is 0. The predicted octanol–water partition coefficient (Wildman–Crippen LogP) is 0.461. The Balaban J connectivity index is 1.52. The van der Waals surface area contributed by atoms with Crippen molar-refractivity contribution in [2.24, 2.45) is 7.05 Å². The molecule has 142 valence electrons. The Morgan fingerprint density at radius 3 is 2.65 bits per heavy atom. The Hall–Kier alpha value is -1.78. The number of ether oxygens (including phenoxy) is 1. The van der Waals surface area contributed by atoms with Crippen molar-refractivity contribution in [2.75, 3.05) is 26.3 Å². The summed E-state index contributed by atoms with van der Waals surface area (Å²) in [6.45, 7) is 4.59. The third-order valence-electron chi connectivity index (χ3n) is 5.31. The first kappa shape index (κ1) is 17.6. The first-order valence-electron chi connectivity index (χ1n) is 8.97. The average Bonchev–Trinajstić information content (AvgIpc) is 3.13. The van der Waals surface area contributed by atoms with Gasteiger partial charge in [-0.05, 0) is 19.8 Å². The quantitative estimate of drug-likeness (QED) is 0.768. The van der Waals surface area contributed by atoms with Crippen LogP contribution in [0.4, 0.5) is 0 Å². The smallest absolute Gasteiger partial charge is 0.246 e. The van der Waals surface area contributed by atoms with Crippen LogP contribution >= 0.6 is 0 Å². The van der Waals surface area contributed by atoms with Gasteiger partial charge >= 0.3 is 0 Å². The van der Waals surface area contributed by atoms with Crippen molar-refractivity contribution in [1.82, 2.24) is 28.9 Å². The van der Waals surface area contributed by atoms with E-state index in [2.05, 4.69) is 10.2 Å². The molecule has 2 aromatic rings. The number of hydrogen-bond acceptors (Lipinski definition) is 6. The monoisotopic (exact) mass is 380 g/mol. The van der Waals surface area contributed by atoms with Crippen LogP contribution in [0, 0.1) is 6.92 Å². The molecule has 0 spiro atoms. The summed E-state index contributed by atoms with van der Waals surface area (Å²) in [6.07, 6.45) is 3.89. The normalized spacial score (nSPS) is 20.1. The van der Waals surface area contributed by atoms with Crippen LogP contribution in [0.3, 0.4) is 0 Å². The van der Waals surface area contributed by atoms with Crippen LogP contribution in [0.5, 0.6) is 0 Å². The Labute approximate surface area is 153 Å². The Morgan fingerprint density at radius 1 is 1.19 bits per heavy atom. The maximum Gasteiger partial charge on any atom is 0.246 e. The molecular weight excluding hydrogens is 356 g/mol. The van der Waals surface area contributed by atoms with Crippen molar-refractivity contribution in [1.29, 1.82) is 0 Å². The topological polar surface area (TPSA) is 95.1 Å². The number of rotatable bonds is 3. The summed E-state index contributed by atoms with van der Waals surface area (Å²) in [5.41, 5.74) is 0.645. The van der Waals surface area contributed by atoms with Gasteiger partial charge in [0.2, 0.25) is 10.0 Å². The van der Waals surface area contributed by atoms with Crippen molar-refractivity contribution in [3.05, 3.63) is 23.5 Å². The van der Waals surface area contributed by atoms with Crippen molar-refractivity contribution < 1.29 is 13.2 Å². The van der Waals surface area contributed by atoms with E-state index in [9.17, 15) is 8.42 Å². The lowest BCUT2D eigenvalue weighted by molar-refractivity contribution is 0.0835. The second-order valence-corrected chi connectivity index (χ2v) is 8.77. The molecule has 26 heavy (non-hydrogen) atoms. The van der Waals surface area contributed by atoms with E-state index >= 15 is 0 Å². The maximum absolute atomic E-state index is 13.0. The zero-order chi connectivity index (χ0) is 18.3. The van der Waals surface area contributed by atoms with Gasteiger partial charge in [0.1, 0.15) is 10.7 Å². The van der Waals surface area contributed by atoms with Crippen LogP contribution in [0.1, 0.15) is 36.1 Å². The summed E-state index contributed by atoms with van der Waals surface area (Å²) in [5.74, 6) is 2.09. The van der Waals surface area contributed by atoms with Crippen LogP contribution in [-0.2, 0) is 34.8 Å². The first-order valence-corrected chi connectivity index (χ1v) is 10.4. The number of sulfonamides is 1. The highest BCUT2D eigenvalue weighted by Gasteiger charge is 2.31. The largest absolute Gasteiger partial charge is 0.381 e. The van der Waals surface area contributed by atoms with Gasteiger partial charge in [0.15, 0.2) is 5.82 Å². The van der Waals surface area contributed by atoms with Crippen LogP contribution in [0.2, 0.25) is 0 Å². The third kappa shape index (κ3) is 3.06. The van der Waals surface area contributed by atoms with E-state index < -0.39 is 10.0 Å². The fraction of sp³-hybridized carbons (Fsp3) is 0.688. The number of aromatic nitrogens is 5. The van der Waals surface area contributed by atoms with E-state index in [0.29, 0.717) is 37.7 Å². The second kappa shape index (κ2) is 6.75. The van der Waals surface area contributed by atoms with Gasteiger partial charge in [0.25, 0.3) is 0 Å². The Kier molecular flexibility index (Phi) is 4.57. The molecule has 1 fully saturated rings. The van der Waals surface area contributed by atoms with E-state index in [-0.39, 0.29) is 4.90 Å². The van der Waals surface area contributed by atoms with Gasteiger partial charge < -0.3 is 4.74 Å². The maximum atomic E-state index is 13.0. The van der Waals surface area contributed by atoms with Gasteiger partial charge in [-0.1, -0.05) is 0 Å². The number of hydrogen-bond donors (Lipinski definition) is 0. The van der Waals surface area contributed by atoms with Crippen LogP contribution in [-0.4, -0.2) is 63.6 Å². The van der Waals surface area contributed by atoms with Crippen molar-refractivity contribution >= 4 is 10.0 Å². The number of aryl methyl sites for hydroxylation is 1. The van der Waals surface area contributed by atoms with Gasteiger partial charge in [-0.15, -0.1) is 0 Å². The van der Waals surface area contributed by atoms with Gasteiger partial charge in [-0.2, -0.15) is 14.5 Å². The minimum Gasteiger partial charge on any atom is -0.381 e. The Morgan fingerprint density at radius 2 is 1.96 bits per heavy atom. The molecule has 4 heterocycles. The van der Waals surface area contributed by atoms with Crippen molar-refractivity contribution in [2.45, 2.75) is 43.5 Å². The highest BCUT2D eigenvalue weighted by atomic mass is 32.2. The summed E-state index contributed by atoms with van der Waals surface area (Å²) in [7, 11) is -1.81. The fourth-order valence-electron chi connectivity index (χ4n) is 3.54. The molecule has 2 aliphatic rings. The second-order valence-electron chi connectivity index (χ2n) is 6.87. The summed E-state index contributed by atoms with van der Waals surface area (Å²) in [4.78, 5) is 4.98. The lowest BCUT2D eigenvalue weighted by atomic mass is 10.00. The molecule has 0 atom stereocenters. The highest BCUT2D eigenvalue weighted by Crippen LogP contribution is 2.26. The van der Waals surface area contributed by atoms with Crippen molar-refractivity contribution in [3.8, 4) is 0 Å². The summed E-state index contributed by atoms with van der Waals surface area (Å²) < 4.78 is 36.3. The molecule has 1 saturated heterocycles. The molecule has 4 rings (SSSR count). The first-order chi connectivity index (χ1) is 12.5. The molecule has 0 aromatic carbocycles. The standard InChI is InChI=1S/C16H24N6O3S/c1-12-14(11-17-20(12)2)26(23,24)21-6-3-15-18-16(19-22(15)8-7-21)13-4-9-25-10-5-13/h11,13H,3-10H2,1-2H3. The lowest BCUT2D eigenvalue weighted by Crippen LogP contribution is -2.34. The molecule has 9 nitrogen and oxygen atoms in total. The zero-order valence-electron chi connectivity index (χ0n) is 15.1. The highest BCUT2D eigenvalue weighted by molar-refractivity contribution is 7.89. The van der Waals surface area contributed by atoms with E-state index in [1.54, 1.807) is 18.7 Å². The third-order valence-corrected chi connectivity index (χ3v) is 7.31. The molecule has 0 radical (unpaired) electrons. The predicted molar refractivity (Wildman–Crippen MR) is 93.2 cm³/mol. The van der Waals surface area contributed by atoms with Gasteiger partial charge in [-0.25, -0.2) is 18.1 Å². The number of fused-ring (bicyclic) bond motifs is 1. The fourth-order valence-corrected chi connectivity index (χ4v) is 5.16. The average molecular weight is 380 g/mol. The molecule has 0 saturated carbocycles. The van der Waals surface area contributed by atoms with E-state index in [1.165, 1.54) is 10.5 Å². The van der Waals surface area contributed by atoms with E-state index in [0.717, 1.165) is 37.7 Å². The molecule has 2 aliphatic heterocycles. The molecule has 0 N–H and O–H groups in total. The molecule has 0 amide bonds. The number of nitrogens with zero attached hydrogens (tertiary/aromatic N) is 6. The zero-order valence-corrected chi connectivity index (χ0v) is 15.9. The SMILES string of the molecule is Cc1c(S(=O)(=O)N2CCc3nc(C4CCOCC4)nn3CC2)cnn1C. The van der Waals surface area contributed by atoms with Gasteiger partial charge in [-0.3, -0.25) is 4.68 Å². The van der Waals surface area contributed by atoms with E-state index in [4.69, 9.17) is 9.72 Å². The molecule has 0 bridgehead atoms. The minimum absolute atomic E-state index is 0.274. The molecule has 0 unspecified atom stereocenters. The van der Waals surface area contributed by atoms with E-state index in [1.807, 2.05) is 4.68 Å². The Bertz CT molecular complexity index is 872. The molecular formula is C16H24N6O3S. The summed E-state index contributed by atoms with van der Waals surface area (Å²) in [5, 5.41) is 8.72. The summed E-state index contributed by atoms with van der Waals surface area (Å²) >= 11 is 0. The van der Waals surface area contributed by atoms with Gasteiger partial charge in [0, 0.05) is 45.7 Å². The molecule has 10 heteroatoms. The van der Waals surface area contributed by atoms with Gasteiger partial charge in [0.05, 0.1) is 18.4 Å². The molecule has 0 aliphatic carbocycles.